The Labute approximate surface area is 193 Å². The zero-order valence-electron chi connectivity index (χ0n) is 18.7. The van der Waals surface area contributed by atoms with Gasteiger partial charge in [-0.25, -0.2) is 4.98 Å². The van der Waals surface area contributed by atoms with Crippen molar-refractivity contribution in [2.45, 2.75) is 50.7 Å². The number of nitrogens with one attached hydrogen (secondary N) is 1. The van der Waals surface area contributed by atoms with Gasteiger partial charge in [-0.1, -0.05) is 60.6 Å². The van der Waals surface area contributed by atoms with E-state index in [4.69, 9.17) is 4.98 Å². The molecule has 0 bridgehead atoms. The molecule has 2 aromatic carbocycles. The van der Waals surface area contributed by atoms with Crippen LogP contribution in [0.1, 0.15) is 47.3 Å². The molecular formula is C26H28N4OS. The summed E-state index contributed by atoms with van der Waals surface area (Å²) in [7, 11) is 0. The number of hydrogen-bond donors (Lipinski definition) is 1. The molecule has 32 heavy (non-hydrogen) atoms. The molecule has 4 aromatic rings. The first-order valence-corrected chi connectivity index (χ1v) is 11.9. The Bertz CT molecular complexity index is 1220. The molecule has 164 valence electrons. The van der Waals surface area contributed by atoms with Crippen molar-refractivity contribution in [1.29, 1.82) is 0 Å². The number of pyridine rings is 1. The Balaban J connectivity index is 1.55. The second kappa shape index (κ2) is 10.0. The quantitative estimate of drug-likeness (QED) is 0.359. The Morgan fingerprint density at radius 2 is 1.94 bits per heavy atom. The van der Waals surface area contributed by atoms with Crippen LogP contribution in [0.2, 0.25) is 0 Å². The van der Waals surface area contributed by atoms with Gasteiger partial charge >= 0.3 is 0 Å². The van der Waals surface area contributed by atoms with Crippen molar-refractivity contribution in [3.05, 3.63) is 89.2 Å². The van der Waals surface area contributed by atoms with Crippen LogP contribution in [-0.4, -0.2) is 26.5 Å². The number of carbonyl (C=O) groups excluding carboxylic acids is 1. The van der Waals surface area contributed by atoms with E-state index in [0.29, 0.717) is 12.1 Å². The maximum atomic E-state index is 12.4. The highest BCUT2D eigenvalue weighted by Gasteiger charge is 2.13. The van der Waals surface area contributed by atoms with Gasteiger partial charge in [0.25, 0.3) is 5.91 Å². The van der Waals surface area contributed by atoms with E-state index in [1.807, 2.05) is 43.5 Å². The third-order valence-corrected chi connectivity index (χ3v) is 6.56. The summed E-state index contributed by atoms with van der Waals surface area (Å²) in [5.74, 6) is 0.824. The van der Waals surface area contributed by atoms with E-state index < -0.39 is 0 Å². The Kier molecular flexibility index (Phi) is 6.90. The molecule has 2 heterocycles. The molecule has 5 nitrogen and oxygen atoms in total. The fraction of sp³-hybridized carbons (Fsp3) is 0.269. The van der Waals surface area contributed by atoms with Crippen LogP contribution in [0.25, 0.3) is 11.0 Å². The largest absolute Gasteiger partial charge is 0.350 e. The van der Waals surface area contributed by atoms with Crippen LogP contribution in [0, 0.1) is 6.92 Å². The number of benzene rings is 2. The number of hydrogen-bond acceptors (Lipinski definition) is 4. The number of aromatic nitrogens is 3. The first-order chi connectivity index (χ1) is 15.5. The molecule has 1 atom stereocenters. The Morgan fingerprint density at radius 1 is 1.12 bits per heavy atom. The number of thioether (sulfide) groups is 1. The molecule has 1 N–H and O–H groups in total. The molecule has 0 radical (unpaired) electrons. The highest BCUT2D eigenvalue weighted by atomic mass is 32.2. The summed E-state index contributed by atoms with van der Waals surface area (Å²) in [5, 5.41) is 3.98. The van der Waals surface area contributed by atoms with Crippen molar-refractivity contribution >= 4 is 28.7 Å². The molecule has 6 heteroatoms. The number of carbonyl (C=O) groups is 1. The predicted octanol–water partition coefficient (Wildman–Crippen LogP) is 5.61. The summed E-state index contributed by atoms with van der Waals surface area (Å²) in [4.78, 5) is 21.5. The number of aryl methyl sites for hydroxylation is 1. The van der Waals surface area contributed by atoms with Crippen LogP contribution >= 0.6 is 11.8 Å². The molecule has 0 aliphatic rings. The third-order valence-electron chi connectivity index (χ3n) is 5.51. The van der Waals surface area contributed by atoms with E-state index in [1.165, 1.54) is 11.1 Å². The first kappa shape index (κ1) is 22.1. The SMILES string of the molecule is CC[C@H](C)NC(=O)c1ccc(Cn2c(SCc3cccc(C)c3)nc3ccncc32)cc1. The topological polar surface area (TPSA) is 59.8 Å². The van der Waals surface area contributed by atoms with E-state index in [-0.39, 0.29) is 11.9 Å². The standard InChI is InChI=1S/C26H28N4OS/c1-4-19(3)28-25(31)22-10-8-20(9-11-22)16-30-24-15-27-13-12-23(24)29-26(30)32-17-21-7-5-6-18(2)14-21/h5-15,19H,4,16-17H2,1-3H3,(H,28,31)/t19-/m0/s1. The molecule has 0 spiro atoms. The summed E-state index contributed by atoms with van der Waals surface area (Å²) in [6, 6.07) is 18.5. The van der Waals surface area contributed by atoms with Gasteiger partial charge in [0.1, 0.15) is 0 Å². The van der Waals surface area contributed by atoms with Gasteiger partial charge in [-0.2, -0.15) is 0 Å². The predicted molar refractivity (Wildman–Crippen MR) is 131 cm³/mol. The molecule has 0 saturated heterocycles. The Morgan fingerprint density at radius 3 is 2.69 bits per heavy atom. The Hall–Kier alpha value is -3.12. The second-order valence-electron chi connectivity index (χ2n) is 8.10. The van der Waals surface area contributed by atoms with Gasteiger partial charge in [-0.05, 0) is 49.6 Å². The van der Waals surface area contributed by atoms with Crippen molar-refractivity contribution in [1.82, 2.24) is 19.9 Å². The average Bonchev–Trinajstić information content (AvgIpc) is 3.15. The van der Waals surface area contributed by atoms with Crippen molar-refractivity contribution in [3.63, 3.8) is 0 Å². The van der Waals surface area contributed by atoms with Gasteiger partial charge in [0, 0.05) is 23.6 Å². The van der Waals surface area contributed by atoms with Gasteiger partial charge in [-0.3, -0.25) is 9.78 Å². The van der Waals surface area contributed by atoms with Crippen molar-refractivity contribution in [2.24, 2.45) is 0 Å². The van der Waals surface area contributed by atoms with Crippen LogP contribution in [-0.2, 0) is 12.3 Å². The minimum atomic E-state index is -0.0300. The number of rotatable bonds is 8. The van der Waals surface area contributed by atoms with E-state index in [0.717, 1.165) is 33.9 Å². The fourth-order valence-corrected chi connectivity index (χ4v) is 4.47. The molecule has 0 fully saturated rings. The molecule has 0 saturated carbocycles. The first-order valence-electron chi connectivity index (χ1n) is 10.9. The lowest BCUT2D eigenvalue weighted by Crippen LogP contribution is -2.31. The van der Waals surface area contributed by atoms with Crippen LogP contribution < -0.4 is 5.32 Å². The van der Waals surface area contributed by atoms with Gasteiger partial charge in [0.2, 0.25) is 0 Å². The number of imidazole rings is 1. The molecule has 2 aromatic heterocycles. The van der Waals surface area contributed by atoms with E-state index in [1.54, 1.807) is 18.0 Å². The fourth-order valence-electron chi connectivity index (χ4n) is 3.51. The number of nitrogens with zero attached hydrogens (tertiary/aromatic N) is 3. The molecule has 0 unspecified atom stereocenters. The third kappa shape index (κ3) is 5.19. The number of fused-ring (bicyclic) bond motifs is 1. The smallest absolute Gasteiger partial charge is 0.251 e. The zero-order chi connectivity index (χ0) is 22.5. The average molecular weight is 445 g/mol. The van der Waals surface area contributed by atoms with Crippen LogP contribution in [0.5, 0.6) is 0 Å². The van der Waals surface area contributed by atoms with Crippen LogP contribution in [0.4, 0.5) is 0 Å². The lowest BCUT2D eigenvalue weighted by molar-refractivity contribution is 0.0939. The van der Waals surface area contributed by atoms with Crippen molar-refractivity contribution < 1.29 is 4.79 Å². The lowest BCUT2D eigenvalue weighted by atomic mass is 10.1. The molecule has 0 aliphatic carbocycles. The molecular weight excluding hydrogens is 416 g/mol. The maximum Gasteiger partial charge on any atom is 0.251 e. The summed E-state index contributed by atoms with van der Waals surface area (Å²) in [6.45, 7) is 6.86. The minimum Gasteiger partial charge on any atom is -0.350 e. The highest BCUT2D eigenvalue weighted by Crippen LogP contribution is 2.27. The summed E-state index contributed by atoms with van der Waals surface area (Å²) in [6.07, 6.45) is 4.56. The van der Waals surface area contributed by atoms with E-state index in [2.05, 4.69) is 53.0 Å². The summed E-state index contributed by atoms with van der Waals surface area (Å²) < 4.78 is 2.21. The van der Waals surface area contributed by atoms with Crippen molar-refractivity contribution in [3.8, 4) is 0 Å². The van der Waals surface area contributed by atoms with Gasteiger partial charge in [0.15, 0.2) is 5.16 Å². The van der Waals surface area contributed by atoms with E-state index >= 15 is 0 Å². The zero-order valence-corrected chi connectivity index (χ0v) is 19.5. The van der Waals surface area contributed by atoms with Gasteiger partial charge in [-0.15, -0.1) is 0 Å². The van der Waals surface area contributed by atoms with Gasteiger partial charge in [0.05, 0.1) is 23.8 Å². The van der Waals surface area contributed by atoms with Crippen molar-refractivity contribution in [2.75, 3.05) is 0 Å². The molecule has 1 amide bonds. The summed E-state index contributed by atoms with van der Waals surface area (Å²) >= 11 is 1.73. The highest BCUT2D eigenvalue weighted by molar-refractivity contribution is 7.98. The second-order valence-corrected chi connectivity index (χ2v) is 9.04. The van der Waals surface area contributed by atoms with Crippen LogP contribution in [0.15, 0.2) is 72.1 Å². The minimum absolute atomic E-state index is 0.0300. The normalized spacial score (nSPS) is 12.1. The van der Waals surface area contributed by atoms with Crippen LogP contribution in [0.3, 0.4) is 0 Å². The summed E-state index contributed by atoms with van der Waals surface area (Å²) in [5.41, 5.74) is 6.29. The molecule has 0 aliphatic heterocycles. The molecule has 4 rings (SSSR count). The lowest BCUT2D eigenvalue weighted by Gasteiger charge is -2.12. The monoisotopic (exact) mass is 444 g/mol. The van der Waals surface area contributed by atoms with E-state index in [9.17, 15) is 4.79 Å². The number of amides is 1. The maximum absolute atomic E-state index is 12.4. The van der Waals surface area contributed by atoms with Gasteiger partial charge < -0.3 is 9.88 Å².